The van der Waals surface area contributed by atoms with Crippen molar-refractivity contribution < 1.29 is 19.3 Å². The number of nitro benzene ring substituents is 1. The Morgan fingerprint density at radius 3 is 2.60 bits per heavy atom. The summed E-state index contributed by atoms with van der Waals surface area (Å²) in [7, 11) is 0. The van der Waals surface area contributed by atoms with Gasteiger partial charge in [0.25, 0.3) is 16.8 Å². The van der Waals surface area contributed by atoms with Crippen molar-refractivity contribution in [1.82, 2.24) is 4.90 Å². The zero-order valence-electron chi connectivity index (χ0n) is 16.0. The van der Waals surface area contributed by atoms with E-state index in [1.807, 2.05) is 19.9 Å². The molecule has 2 aromatic rings. The molecule has 1 aliphatic rings. The minimum Gasteiger partial charge on any atom is -0.325 e. The summed E-state index contributed by atoms with van der Waals surface area (Å²) >= 11 is 6.69. The van der Waals surface area contributed by atoms with Gasteiger partial charge in [0.2, 0.25) is 5.91 Å². The molecule has 0 saturated carbocycles. The van der Waals surface area contributed by atoms with Crippen LogP contribution in [0, 0.1) is 24.0 Å². The Labute approximate surface area is 181 Å². The normalized spacial score (nSPS) is 15.0. The smallest absolute Gasteiger partial charge is 0.294 e. The fourth-order valence-corrected chi connectivity index (χ4v) is 3.70. The van der Waals surface area contributed by atoms with Gasteiger partial charge in [-0.3, -0.25) is 29.4 Å². The summed E-state index contributed by atoms with van der Waals surface area (Å²) in [5.41, 5.74) is 2.67. The quantitative estimate of drug-likeness (QED) is 0.411. The van der Waals surface area contributed by atoms with E-state index in [1.165, 1.54) is 24.3 Å². The summed E-state index contributed by atoms with van der Waals surface area (Å²) in [5, 5.41) is 13.2. The van der Waals surface area contributed by atoms with Crippen LogP contribution in [0.2, 0.25) is 5.02 Å². The lowest BCUT2D eigenvalue weighted by Crippen LogP contribution is -2.36. The van der Waals surface area contributed by atoms with E-state index in [2.05, 4.69) is 5.32 Å². The van der Waals surface area contributed by atoms with Crippen molar-refractivity contribution >= 4 is 57.9 Å². The summed E-state index contributed by atoms with van der Waals surface area (Å²) in [5.74, 6) is -1.18. The summed E-state index contributed by atoms with van der Waals surface area (Å²) in [6.07, 6.45) is 1.31. The summed E-state index contributed by atoms with van der Waals surface area (Å²) in [6.45, 7) is 3.41. The number of carbonyl (C=O) groups excluding carboxylic acids is 3. The van der Waals surface area contributed by atoms with Crippen LogP contribution in [-0.2, 0) is 9.59 Å². The molecule has 1 saturated heterocycles. The highest BCUT2D eigenvalue weighted by molar-refractivity contribution is 8.18. The molecule has 0 atom stereocenters. The molecular weight excluding hydrogens is 430 g/mol. The van der Waals surface area contributed by atoms with Gasteiger partial charge >= 0.3 is 0 Å². The fraction of sp³-hybridized carbons (Fsp3) is 0.150. The molecule has 0 aliphatic carbocycles. The van der Waals surface area contributed by atoms with Crippen LogP contribution >= 0.6 is 23.4 Å². The monoisotopic (exact) mass is 445 g/mol. The second-order valence-corrected chi connectivity index (χ2v) is 7.98. The number of non-ortho nitro benzene ring substituents is 1. The van der Waals surface area contributed by atoms with Crippen LogP contribution in [0.15, 0.2) is 41.3 Å². The average molecular weight is 446 g/mol. The van der Waals surface area contributed by atoms with Crippen LogP contribution in [0.5, 0.6) is 0 Å². The molecule has 8 nitrogen and oxygen atoms in total. The molecule has 30 heavy (non-hydrogen) atoms. The van der Waals surface area contributed by atoms with E-state index in [0.29, 0.717) is 17.4 Å². The highest BCUT2D eigenvalue weighted by Crippen LogP contribution is 2.34. The number of amides is 3. The van der Waals surface area contributed by atoms with E-state index >= 15 is 0 Å². The van der Waals surface area contributed by atoms with E-state index < -0.39 is 28.5 Å². The van der Waals surface area contributed by atoms with Gasteiger partial charge in [-0.05, 0) is 61.0 Å². The van der Waals surface area contributed by atoms with Gasteiger partial charge in [-0.2, -0.15) is 0 Å². The lowest BCUT2D eigenvalue weighted by Gasteiger charge is -2.13. The van der Waals surface area contributed by atoms with Crippen molar-refractivity contribution in [3.05, 3.63) is 73.1 Å². The molecule has 0 spiro atoms. The largest absolute Gasteiger partial charge is 0.325 e. The minimum atomic E-state index is -0.664. The van der Waals surface area contributed by atoms with Gasteiger partial charge in [0.1, 0.15) is 6.54 Å². The first-order chi connectivity index (χ1) is 14.2. The number of nitrogens with one attached hydrogen (secondary N) is 1. The van der Waals surface area contributed by atoms with E-state index in [4.69, 9.17) is 11.6 Å². The molecule has 0 radical (unpaired) electrons. The maximum atomic E-state index is 12.6. The van der Waals surface area contributed by atoms with Crippen molar-refractivity contribution in [3.8, 4) is 0 Å². The second kappa shape index (κ2) is 8.68. The van der Waals surface area contributed by atoms with E-state index in [-0.39, 0.29) is 21.2 Å². The Morgan fingerprint density at radius 2 is 1.93 bits per heavy atom. The van der Waals surface area contributed by atoms with Gasteiger partial charge in [0.05, 0.1) is 9.83 Å². The Kier molecular flexibility index (Phi) is 6.23. The highest BCUT2D eigenvalue weighted by Gasteiger charge is 2.36. The number of rotatable bonds is 5. The number of hydrogen-bond acceptors (Lipinski definition) is 6. The molecule has 3 amide bonds. The number of carbonyl (C=O) groups is 3. The zero-order chi connectivity index (χ0) is 22.0. The average Bonchev–Trinajstić information content (AvgIpc) is 2.93. The van der Waals surface area contributed by atoms with Crippen molar-refractivity contribution in [2.45, 2.75) is 13.8 Å². The Balaban J connectivity index is 1.75. The molecule has 0 aromatic heterocycles. The number of aryl methyl sites for hydroxylation is 2. The first-order valence-corrected chi connectivity index (χ1v) is 9.91. The number of halogens is 1. The third-order valence-electron chi connectivity index (χ3n) is 4.44. The molecule has 1 fully saturated rings. The first kappa shape index (κ1) is 21.5. The number of hydrogen-bond donors (Lipinski definition) is 1. The van der Waals surface area contributed by atoms with Gasteiger partial charge in [0, 0.05) is 28.4 Å². The number of nitrogens with zero attached hydrogens (tertiary/aromatic N) is 2. The van der Waals surface area contributed by atoms with Crippen molar-refractivity contribution in [1.29, 1.82) is 0 Å². The molecular formula is C20H16ClN3O5S. The number of imide groups is 1. The Morgan fingerprint density at radius 1 is 1.20 bits per heavy atom. The van der Waals surface area contributed by atoms with E-state index in [1.54, 1.807) is 12.1 Å². The first-order valence-electron chi connectivity index (χ1n) is 8.72. The number of thioether (sulfide) groups is 1. The SMILES string of the molecule is Cc1ccc(NC(=O)CN2C(=O)S/C(=C\c3cc([N+](=O)[O-])ccc3Cl)C2=O)cc1C. The molecule has 1 N–H and O–H groups in total. The maximum Gasteiger partial charge on any atom is 0.294 e. The molecule has 154 valence electrons. The molecule has 2 aromatic carbocycles. The molecule has 0 bridgehead atoms. The fourth-order valence-electron chi connectivity index (χ4n) is 2.70. The van der Waals surface area contributed by atoms with Gasteiger partial charge in [-0.25, -0.2) is 0 Å². The van der Waals surface area contributed by atoms with Crippen LogP contribution in [0.25, 0.3) is 6.08 Å². The van der Waals surface area contributed by atoms with Crippen molar-refractivity contribution in [2.75, 3.05) is 11.9 Å². The third kappa shape index (κ3) is 4.69. The Hall–Kier alpha value is -3.17. The number of nitro groups is 1. The van der Waals surface area contributed by atoms with Crippen LogP contribution < -0.4 is 5.32 Å². The minimum absolute atomic E-state index is 0.0291. The van der Waals surface area contributed by atoms with Crippen LogP contribution in [0.4, 0.5) is 16.2 Å². The highest BCUT2D eigenvalue weighted by atomic mass is 35.5. The summed E-state index contributed by atoms with van der Waals surface area (Å²) < 4.78 is 0. The third-order valence-corrected chi connectivity index (χ3v) is 5.69. The second-order valence-electron chi connectivity index (χ2n) is 6.58. The van der Waals surface area contributed by atoms with Gasteiger partial charge in [-0.1, -0.05) is 17.7 Å². The van der Waals surface area contributed by atoms with Crippen LogP contribution in [0.1, 0.15) is 16.7 Å². The Bertz CT molecular complexity index is 1120. The topological polar surface area (TPSA) is 110 Å². The van der Waals surface area contributed by atoms with Crippen LogP contribution in [0.3, 0.4) is 0 Å². The molecule has 3 rings (SSSR count). The number of benzene rings is 2. The van der Waals surface area contributed by atoms with Gasteiger partial charge in [0.15, 0.2) is 0 Å². The molecule has 1 aliphatic heterocycles. The lowest BCUT2D eigenvalue weighted by atomic mass is 10.1. The van der Waals surface area contributed by atoms with E-state index in [9.17, 15) is 24.5 Å². The van der Waals surface area contributed by atoms with Crippen molar-refractivity contribution in [2.24, 2.45) is 0 Å². The van der Waals surface area contributed by atoms with E-state index in [0.717, 1.165) is 16.0 Å². The number of anilines is 1. The standard InChI is InChI=1S/C20H16ClN3O5S/c1-11-3-4-14(7-12(11)2)22-18(25)10-23-19(26)17(30-20(23)27)9-13-8-15(24(28)29)5-6-16(13)21/h3-9H,10H2,1-2H3,(H,22,25)/b17-9-. The summed E-state index contributed by atoms with van der Waals surface area (Å²) in [6, 6.07) is 9.18. The lowest BCUT2D eigenvalue weighted by molar-refractivity contribution is -0.384. The molecule has 10 heteroatoms. The predicted molar refractivity (Wildman–Crippen MR) is 115 cm³/mol. The molecule has 0 unspecified atom stereocenters. The van der Waals surface area contributed by atoms with Gasteiger partial charge in [-0.15, -0.1) is 0 Å². The molecule has 1 heterocycles. The maximum absolute atomic E-state index is 12.6. The zero-order valence-corrected chi connectivity index (χ0v) is 17.5. The van der Waals surface area contributed by atoms with Gasteiger partial charge < -0.3 is 5.32 Å². The predicted octanol–water partition coefficient (Wildman–Crippen LogP) is 4.54. The van der Waals surface area contributed by atoms with Crippen molar-refractivity contribution in [3.63, 3.8) is 0 Å². The summed E-state index contributed by atoms with van der Waals surface area (Å²) in [4.78, 5) is 48.4. The van der Waals surface area contributed by atoms with Crippen LogP contribution in [-0.4, -0.2) is 33.4 Å².